The quantitative estimate of drug-likeness (QED) is 0.590. The Morgan fingerprint density at radius 2 is 2.05 bits per heavy atom. The molecule has 0 fully saturated rings. The van der Waals surface area contributed by atoms with Crippen molar-refractivity contribution in [3.63, 3.8) is 0 Å². The monoisotopic (exact) mass is 317 g/mol. The zero-order chi connectivity index (χ0) is 16.0. The smallest absolute Gasteiger partial charge is 0.207 e. The minimum Gasteiger partial charge on any atom is -0.207 e. The van der Waals surface area contributed by atoms with Crippen molar-refractivity contribution in [2.75, 3.05) is 6.54 Å². The van der Waals surface area contributed by atoms with E-state index in [0.29, 0.717) is 11.4 Å². The van der Waals surface area contributed by atoms with Gasteiger partial charge < -0.3 is 0 Å². The van der Waals surface area contributed by atoms with Crippen LogP contribution in [0.3, 0.4) is 0 Å². The molecule has 3 nitrogen and oxygen atoms in total. The maximum atomic E-state index is 13.0. The lowest BCUT2D eigenvalue weighted by molar-refractivity contribution is 0.361. The molecule has 0 amide bonds. The molecule has 22 heavy (non-hydrogen) atoms. The van der Waals surface area contributed by atoms with Crippen LogP contribution in [0.2, 0.25) is 0 Å². The number of hydrogen-bond acceptors (Lipinski definition) is 2. The molecule has 0 saturated carbocycles. The van der Waals surface area contributed by atoms with Gasteiger partial charge in [0, 0.05) is 12.6 Å². The Morgan fingerprint density at radius 1 is 1.32 bits per heavy atom. The van der Waals surface area contributed by atoms with Gasteiger partial charge in [-0.05, 0) is 38.3 Å². The molecule has 0 aromatic heterocycles. The third-order valence-corrected chi connectivity index (χ3v) is 5.69. The van der Waals surface area contributed by atoms with Crippen LogP contribution in [0.5, 0.6) is 0 Å². The van der Waals surface area contributed by atoms with Gasteiger partial charge in [-0.15, -0.1) is 0 Å². The molecule has 0 N–H and O–H groups in total. The highest BCUT2D eigenvalue weighted by atomic mass is 32.2. The lowest BCUT2D eigenvalue weighted by atomic mass is 10.0. The summed E-state index contributed by atoms with van der Waals surface area (Å²) in [6.45, 7) is 5.94. The normalized spacial score (nSPS) is 18.9. The minimum absolute atomic E-state index is 0.0745. The molecule has 0 radical (unpaired) electrons. The number of aryl methyl sites for hydroxylation is 1. The molecule has 0 spiro atoms. The fourth-order valence-electron chi connectivity index (χ4n) is 2.55. The van der Waals surface area contributed by atoms with Crippen molar-refractivity contribution in [3.05, 3.63) is 66.8 Å². The second-order valence-electron chi connectivity index (χ2n) is 5.48. The van der Waals surface area contributed by atoms with Crippen LogP contribution >= 0.6 is 0 Å². The number of nitrogens with zero attached hydrogens (tertiary/aromatic N) is 1. The van der Waals surface area contributed by atoms with Gasteiger partial charge in [0.1, 0.15) is 0 Å². The largest absolute Gasteiger partial charge is 0.243 e. The first-order valence-corrected chi connectivity index (χ1v) is 9.02. The standard InChI is InChI=1S/C18H23NO2S/c1-3-4-8-15-19(17-9-6-5-7-10-17)22(20,21)18-13-11-16(2)12-14-18/h3-4,6,8-9,11-14,17H,1,5,7,10,15H2,2H3/b8-4+. The van der Waals surface area contributed by atoms with Gasteiger partial charge in [0.2, 0.25) is 10.0 Å². The van der Waals surface area contributed by atoms with Crippen molar-refractivity contribution in [3.8, 4) is 0 Å². The van der Waals surface area contributed by atoms with Gasteiger partial charge in [-0.25, -0.2) is 8.42 Å². The van der Waals surface area contributed by atoms with Crippen LogP contribution in [-0.4, -0.2) is 25.3 Å². The van der Waals surface area contributed by atoms with E-state index in [-0.39, 0.29) is 6.04 Å². The van der Waals surface area contributed by atoms with Crippen LogP contribution in [0.25, 0.3) is 0 Å². The van der Waals surface area contributed by atoms with Crippen LogP contribution in [0.1, 0.15) is 24.8 Å². The number of benzene rings is 1. The fourth-order valence-corrected chi connectivity index (χ4v) is 4.12. The van der Waals surface area contributed by atoms with E-state index in [2.05, 4.69) is 12.7 Å². The summed E-state index contributed by atoms with van der Waals surface area (Å²) in [5.74, 6) is 0. The Bertz CT molecular complexity index is 657. The topological polar surface area (TPSA) is 37.4 Å². The predicted molar refractivity (Wildman–Crippen MR) is 91.2 cm³/mol. The molecule has 1 aromatic carbocycles. The van der Waals surface area contributed by atoms with Gasteiger partial charge in [-0.3, -0.25) is 0 Å². The number of allylic oxidation sites excluding steroid dienone is 3. The van der Waals surface area contributed by atoms with Crippen LogP contribution in [-0.2, 0) is 10.0 Å². The van der Waals surface area contributed by atoms with E-state index in [0.717, 1.165) is 24.8 Å². The van der Waals surface area contributed by atoms with Gasteiger partial charge in [-0.2, -0.15) is 4.31 Å². The van der Waals surface area contributed by atoms with Crippen molar-refractivity contribution in [1.29, 1.82) is 0 Å². The molecule has 118 valence electrons. The van der Waals surface area contributed by atoms with E-state index in [1.165, 1.54) is 0 Å². The first-order chi connectivity index (χ1) is 10.6. The van der Waals surface area contributed by atoms with E-state index < -0.39 is 10.0 Å². The second kappa shape index (κ2) is 7.56. The second-order valence-corrected chi connectivity index (χ2v) is 7.37. The highest BCUT2D eigenvalue weighted by Gasteiger charge is 2.29. The average Bonchev–Trinajstić information content (AvgIpc) is 2.52. The summed E-state index contributed by atoms with van der Waals surface area (Å²) in [5, 5.41) is 0. The molecule has 1 aromatic rings. The molecule has 1 aliphatic carbocycles. The SMILES string of the molecule is C=C/C=C/CN(C1C=CCCC1)S(=O)(=O)c1ccc(C)cc1. The Balaban J connectivity index is 2.35. The minimum atomic E-state index is -3.50. The zero-order valence-electron chi connectivity index (χ0n) is 13.0. The highest BCUT2D eigenvalue weighted by Crippen LogP contribution is 2.24. The summed E-state index contributed by atoms with van der Waals surface area (Å²) in [5.41, 5.74) is 1.05. The third-order valence-electron chi connectivity index (χ3n) is 3.78. The van der Waals surface area contributed by atoms with Crippen molar-refractivity contribution >= 4 is 10.0 Å². The summed E-state index contributed by atoms with van der Waals surface area (Å²) >= 11 is 0. The molecule has 1 aliphatic rings. The summed E-state index contributed by atoms with van der Waals surface area (Å²) in [6, 6.07) is 6.96. The van der Waals surface area contributed by atoms with Crippen LogP contribution in [0.15, 0.2) is 66.1 Å². The molecular weight excluding hydrogens is 294 g/mol. The van der Waals surface area contributed by atoms with Gasteiger partial charge in [-0.1, -0.05) is 54.7 Å². The molecule has 0 heterocycles. The summed E-state index contributed by atoms with van der Waals surface area (Å²) in [6.07, 6.45) is 12.3. The first-order valence-electron chi connectivity index (χ1n) is 7.58. The lowest BCUT2D eigenvalue weighted by Gasteiger charge is -2.29. The van der Waals surface area contributed by atoms with E-state index >= 15 is 0 Å². The average molecular weight is 317 g/mol. The molecule has 4 heteroatoms. The summed E-state index contributed by atoms with van der Waals surface area (Å²) < 4.78 is 27.5. The molecule has 2 rings (SSSR count). The fraction of sp³-hybridized carbons (Fsp3) is 0.333. The van der Waals surface area contributed by atoms with Crippen molar-refractivity contribution in [1.82, 2.24) is 4.31 Å². The summed E-state index contributed by atoms with van der Waals surface area (Å²) in [7, 11) is -3.50. The van der Waals surface area contributed by atoms with Gasteiger partial charge in [0.15, 0.2) is 0 Å². The lowest BCUT2D eigenvalue weighted by Crippen LogP contribution is -2.40. The number of hydrogen-bond donors (Lipinski definition) is 0. The molecule has 0 aliphatic heterocycles. The Morgan fingerprint density at radius 3 is 2.64 bits per heavy atom. The van der Waals surface area contributed by atoms with E-state index in [4.69, 9.17) is 0 Å². The first kappa shape index (κ1) is 16.7. The van der Waals surface area contributed by atoms with Crippen molar-refractivity contribution in [2.45, 2.75) is 37.1 Å². The van der Waals surface area contributed by atoms with E-state index in [1.54, 1.807) is 28.6 Å². The van der Waals surface area contributed by atoms with Crippen molar-refractivity contribution < 1.29 is 8.42 Å². The molecule has 1 unspecified atom stereocenters. The van der Waals surface area contributed by atoms with Gasteiger partial charge in [0.05, 0.1) is 4.90 Å². The van der Waals surface area contributed by atoms with Crippen LogP contribution in [0.4, 0.5) is 0 Å². The van der Waals surface area contributed by atoms with Crippen LogP contribution in [0, 0.1) is 6.92 Å². The summed E-state index contributed by atoms with van der Waals surface area (Å²) in [4.78, 5) is 0.351. The third kappa shape index (κ3) is 3.96. The molecule has 0 saturated heterocycles. The Kier molecular flexibility index (Phi) is 5.75. The maximum absolute atomic E-state index is 13.0. The molecule has 0 bridgehead atoms. The molecule has 1 atom stereocenters. The van der Waals surface area contributed by atoms with E-state index in [9.17, 15) is 8.42 Å². The van der Waals surface area contributed by atoms with Crippen molar-refractivity contribution in [2.24, 2.45) is 0 Å². The Hall–Kier alpha value is -1.65. The number of sulfonamides is 1. The maximum Gasteiger partial charge on any atom is 0.243 e. The predicted octanol–water partition coefficient (Wildman–Crippen LogP) is 3.84. The zero-order valence-corrected chi connectivity index (χ0v) is 13.8. The van der Waals surface area contributed by atoms with Gasteiger partial charge >= 0.3 is 0 Å². The van der Waals surface area contributed by atoms with Crippen LogP contribution < -0.4 is 0 Å². The van der Waals surface area contributed by atoms with Gasteiger partial charge in [0.25, 0.3) is 0 Å². The number of rotatable bonds is 6. The Labute approximate surface area is 133 Å². The van der Waals surface area contributed by atoms with E-state index in [1.807, 2.05) is 31.2 Å². The molecular formula is C18H23NO2S. The highest BCUT2D eigenvalue weighted by molar-refractivity contribution is 7.89.